The fourth-order valence-corrected chi connectivity index (χ4v) is 3.73. The van der Waals surface area contributed by atoms with E-state index in [1.807, 2.05) is 32.9 Å². The summed E-state index contributed by atoms with van der Waals surface area (Å²) in [4.78, 5) is 25.6. The smallest absolute Gasteiger partial charge is 0.288 e. The molecule has 29 heavy (non-hydrogen) atoms. The number of alkyl halides is 2. The Labute approximate surface area is 173 Å². The number of likely N-dealkylation sites (N-methyl/N-ethyl adjacent to an activating group) is 1. The van der Waals surface area contributed by atoms with E-state index in [1.54, 1.807) is 25.2 Å². The fourth-order valence-electron chi connectivity index (χ4n) is 3.13. The maximum atomic E-state index is 12.7. The average molecular weight is 423 g/mol. The topological polar surface area (TPSA) is 62.6 Å². The molecule has 0 aromatic heterocycles. The van der Waals surface area contributed by atoms with E-state index >= 15 is 0 Å². The Balaban J connectivity index is 1.91. The summed E-state index contributed by atoms with van der Waals surface area (Å²) >= 11 is 0.382. The van der Waals surface area contributed by atoms with Crippen LogP contribution in [0.3, 0.4) is 0 Å². The van der Waals surface area contributed by atoms with Crippen molar-refractivity contribution in [2.75, 3.05) is 30.8 Å². The second kappa shape index (κ2) is 10.4. The van der Waals surface area contributed by atoms with Gasteiger partial charge in [-0.15, -0.1) is 0 Å². The van der Waals surface area contributed by atoms with Crippen LogP contribution in [0.25, 0.3) is 0 Å². The van der Waals surface area contributed by atoms with Crippen LogP contribution < -0.4 is 15.5 Å². The lowest BCUT2D eigenvalue weighted by molar-refractivity contribution is -0.862. The van der Waals surface area contributed by atoms with E-state index in [4.69, 9.17) is 0 Å². The van der Waals surface area contributed by atoms with Crippen molar-refractivity contribution in [3.05, 3.63) is 53.1 Å². The van der Waals surface area contributed by atoms with Crippen molar-refractivity contribution in [2.45, 2.75) is 31.4 Å². The lowest BCUT2D eigenvalue weighted by Gasteiger charge is -2.16. The molecule has 156 valence electrons. The van der Waals surface area contributed by atoms with Gasteiger partial charge in [-0.2, -0.15) is 8.78 Å². The predicted octanol–water partition coefficient (Wildman–Crippen LogP) is 3.02. The Kier molecular flexibility index (Phi) is 8.16. The first-order valence-corrected chi connectivity index (χ1v) is 10.1. The second-order valence-corrected chi connectivity index (χ2v) is 8.09. The number of aryl methyl sites for hydroxylation is 3. The number of carbonyl (C=O) groups is 2. The first-order valence-electron chi connectivity index (χ1n) is 9.18. The quantitative estimate of drug-likeness (QED) is 0.573. The molecule has 8 heteroatoms. The Morgan fingerprint density at radius 3 is 2.14 bits per heavy atom. The van der Waals surface area contributed by atoms with Crippen LogP contribution in [0, 0.1) is 20.8 Å². The summed E-state index contributed by atoms with van der Waals surface area (Å²) in [5, 5.41) is 5.56. The largest absolute Gasteiger partial charge is 0.322 e. The number of thioether (sulfide) groups is 1. The van der Waals surface area contributed by atoms with Crippen LogP contribution in [0.1, 0.15) is 16.7 Å². The van der Waals surface area contributed by atoms with Crippen molar-refractivity contribution in [3.8, 4) is 0 Å². The van der Waals surface area contributed by atoms with Crippen molar-refractivity contribution < 1.29 is 23.3 Å². The third-order valence-electron chi connectivity index (χ3n) is 4.24. The molecule has 0 aliphatic heterocycles. The molecule has 0 spiro atoms. The fraction of sp³-hybridized carbons (Fsp3) is 0.333. The molecule has 2 amide bonds. The zero-order valence-electron chi connectivity index (χ0n) is 16.9. The maximum absolute atomic E-state index is 12.7. The van der Waals surface area contributed by atoms with E-state index in [2.05, 4.69) is 10.6 Å². The first-order chi connectivity index (χ1) is 13.7. The molecule has 2 aromatic rings. The molecule has 0 fully saturated rings. The van der Waals surface area contributed by atoms with Gasteiger partial charge in [-0.3, -0.25) is 9.59 Å². The minimum absolute atomic E-state index is 0.0347. The molecule has 0 aliphatic rings. The Morgan fingerprint density at radius 2 is 1.55 bits per heavy atom. The monoisotopic (exact) mass is 422 g/mol. The third-order valence-corrected chi connectivity index (χ3v) is 5.03. The second-order valence-electron chi connectivity index (χ2n) is 7.06. The van der Waals surface area contributed by atoms with Gasteiger partial charge in [-0.05, 0) is 44.0 Å². The van der Waals surface area contributed by atoms with E-state index in [-0.39, 0.29) is 24.9 Å². The molecule has 0 radical (unpaired) electrons. The van der Waals surface area contributed by atoms with Crippen LogP contribution >= 0.6 is 11.8 Å². The SMILES string of the molecule is Cc1cc(C)c(NC(=O)C[NH+](C)CC(=O)Nc2ccccc2SC(F)F)c(C)c1. The number of anilines is 2. The van der Waals surface area contributed by atoms with E-state index in [9.17, 15) is 18.4 Å². The molecule has 5 nitrogen and oxygen atoms in total. The highest BCUT2D eigenvalue weighted by molar-refractivity contribution is 7.99. The number of carbonyl (C=O) groups excluding carboxylic acids is 2. The summed E-state index contributed by atoms with van der Waals surface area (Å²) in [6.45, 7) is 6.02. The van der Waals surface area contributed by atoms with Gasteiger partial charge in [0.05, 0.1) is 12.7 Å². The number of benzene rings is 2. The van der Waals surface area contributed by atoms with Gasteiger partial charge < -0.3 is 15.5 Å². The molecule has 0 bridgehead atoms. The zero-order chi connectivity index (χ0) is 21.6. The van der Waals surface area contributed by atoms with Crippen molar-refractivity contribution in [2.24, 2.45) is 0 Å². The maximum Gasteiger partial charge on any atom is 0.288 e. The van der Waals surface area contributed by atoms with E-state index < -0.39 is 5.76 Å². The minimum atomic E-state index is -2.57. The number of quaternary nitrogens is 1. The summed E-state index contributed by atoms with van der Waals surface area (Å²) in [6.07, 6.45) is 0. The first kappa shape index (κ1) is 22.8. The Bertz CT molecular complexity index is 867. The molecular weight excluding hydrogens is 396 g/mol. The van der Waals surface area contributed by atoms with Gasteiger partial charge in [0.2, 0.25) is 0 Å². The molecule has 2 rings (SSSR count). The van der Waals surface area contributed by atoms with Gasteiger partial charge >= 0.3 is 0 Å². The van der Waals surface area contributed by atoms with Gasteiger partial charge in [0.15, 0.2) is 13.1 Å². The predicted molar refractivity (Wildman–Crippen MR) is 113 cm³/mol. The van der Waals surface area contributed by atoms with Gasteiger partial charge in [-0.1, -0.05) is 41.6 Å². The summed E-state index contributed by atoms with van der Waals surface area (Å²) in [5.41, 5.74) is 4.23. The molecular formula is C21H26F2N3O2S+. The van der Waals surface area contributed by atoms with Crippen LogP contribution in [-0.4, -0.2) is 37.7 Å². The van der Waals surface area contributed by atoms with E-state index in [1.165, 1.54) is 6.07 Å². The number of para-hydroxylation sites is 1. The van der Waals surface area contributed by atoms with Gasteiger partial charge in [0, 0.05) is 10.6 Å². The highest BCUT2D eigenvalue weighted by Gasteiger charge is 2.17. The van der Waals surface area contributed by atoms with Crippen molar-refractivity contribution in [1.82, 2.24) is 0 Å². The molecule has 0 saturated carbocycles. The summed E-state index contributed by atoms with van der Waals surface area (Å²) < 4.78 is 25.3. The molecule has 1 atom stereocenters. The van der Waals surface area contributed by atoms with Crippen LogP contribution in [-0.2, 0) is 9.59 Å². The Hall–Kier alpha value is -2.45. The van der Waals surface area contributed by atoms with E-state index in [0.717, 1.165) is 22.4 Å². The molecule has 0 heterocycles. The van der Waals surface area contributed by atoms with Crippen molar-refractivity contribution in [1.29, 1.82) is 0 Å². The minimum Gasteiger partial charge on any atom is -0.322 e. The lowest BCUT2D eigenvalue weighted by Crippen LogP contribution is -3.11. The lowest BCUT2D eigenvalue weighted by atomic mass is 10.1. The van der Waals surface area contributed by atoms with Gasteiger partial charge in [-0.25, -0.2) is 0 Å². The normalized spacial score (nSPS) is 12.0. The molecule has 0 saturated heterocycles. The van der Waals surface area contributed by atoms with Crippen LogP contribution in [0.15, 0.2) is 41.3 Å². The molecule has 1 unspecified atom stereocenters. The van der Waals surface area contributed by atoms with Crippen LogP contribution in [0.5, 0.6) is 0 Å². The third kappa shape index (κ3) is 7.14. The number of hydrogen-bond donors (Lipinski definition) is 3. The van der Waals surface area contributed by atoms with Crippen molar-refractivity contribution in [3.63, 3.8) is 0 Å². The highest BCUT2D eigenvalue weighted by atomic mass is 32.2. The number of halogens is 2. The van der Waals surface area contributed by atoms with Gasteiger partial charge in [0.1, 0.15) is 0 Å². The molecule has 2 aromatic carbocycles. The summed E-state index contributed by atoms with van der Waals surface area (Å²) in [5.74, 6) is -3.11. The van der Waals surface area contributed by atoms with Crippen LogP contribution in [0.4, 0.5) is 20.2 Å². The number of nitrogens with one attached hydrogen (secondary N) is 3. The van der Waals surface area contributed by atoms with Crippen molar-refractivity contribution >= 4 is 35.0 Å². The average Bonchev–Trinajstić information content (AvgIpc) is 2.59. The Morgan fingerprint density at radius 1 is 1.00 bits per heavy atom. The highest BCUT2D eigenvalue weighted by Crippen LogP contribution is 2.31. The molecule has 0 aliphatic carbocycles. The van der Waals surface area contributed by atoms with Gasteiger partial charge in [0.25, 0.3) is 17.6 Å². The standard InChI is InChI=1S/C21H25F2N3O2S/c1-13-9-14(2)20(15(3)10-13)25-19(28)12-26(4)11-18(27)24-16-7-5-6-8-17(16)29-21(22)23/h5-10,21H,11-12H2,1-4H3,(H,24,27)(H,25,28)/p+1. The van der Waals surface area contributed by atoms with Crippen LogP contribution in [0.2, 0.25) is 0 Å². The van der Waals surface area contributed by atoms with E-state index in [0.29, 0.717) is 27.2 Å². The summed E-state index contributed by atoms with van der Waals surface area (Å²) in [7, 11) is 1.73. The zero-order valence-corrected chi connectivity index (χ0v) is 17.8. The number of rotatable bonds is 8. The number of hydrogen-bond acceptors (Lipinski definition) is 3. The molecule has 3 N–H and O–H groups in total. The number of amides is 2. The summed E-state index contributed by atoms with van der Waals surface area (Å²) in [6, 6.07) is 10.4.